The highest BCUT2D eigenvalue weighted by Gasteiger charge is 2.53. The van der Waals surface area contributed by atoms with Crippen LogP contribution in [-0.2, 0) is 5.54 Å². The maximum Gasteiger partial charge on any atom is 0.141 e. The van der Waals surface area contributed by atoms with Crippen molar-refractivity contribution in [3.8, 4) is 22.6 Å². The van der Waals surface area contributed by atoms with Gasteiger partial charge in [-0.25, -0.2) is 4.98 Å². The van der Waals surface area contributed by atoms with Crippen molar-refractivity contribution in [1.29, 1.82) is 0 Å². The Morgan fingerprint density at radius 3 is 2.03 bits per heavy atom. The van der Waals surface area contributed by atoms with Gasteiger partial charge in [0.25, 0.3) is 0 Å². The molecule has 4 aromatic rings. The molecule has 2 nitrogen and oxygen atoms in total. The van der Waals surface area contributed by atoms with Gasteiger partial charge < -0.3 is 4.57 Å². The van der Waals surface area contributed by atoms with Crippen LogP contribution < -0.4 is 0 Å². The first-order chi connectivity index (χ1) is 15.7. The van der Waals surface area contributed by atoms with E-state index in [2.05, 4.69) is 84.3 Å². The zero-order chi connectivity index (χ0) is 21.3. The van der Waals surface area contributed by atoms with E-state index in [-0.39, 0.29) is 5.54 Å². The summed E-state index contributed by atoms with van der Waals surface area (Å²) in [5, 5.41) is 2.59. The molecule has 3 aromatic carbocycles. The standard InChI is InChI=1S/C30H30N2/c1-20-28(25-8-3-2-4-9-25)32(30-17-21-13-22(18-30)15-23(14-21)19-30)29(31-20)27-12-11-24-7-5-6-10-26(24)16-27/h2-12,16,21-23H,13-15,17-19H2,1H3. The van der Waals surface area contributed by atoms with E-state index in [4.69, 9.17) is 4.98 Å². The lowest BCUT2D eigenvalue weighted by atomic mass is 9.52. The van der Waals surface area contributed by atoms with Crippen molar-refractivity contribution in [2.75, 3.05) is 0 Å². The molecule has 0 radical (unpaired) electrons. The maximum atomic E-state index is 5.28. The third kappa shape index (κ3) is 2.75. The minimum atomic E-state index is 0.224. The first-order valence-electron chi connectivity index (χ1n) is 12.3. The summed E-state index contributed by atoms with van der Waals surface area (Å²) in [4.78, 5) is 5.28. The van der Waals surface area contributed by atoms with E-state index in [9.17, 15) is 0 Å². The molecule has 0 saturated heterocycles. The molecule has 8 rings (SSSR count). The smallest absolute Gasteiger partial charge is 0.141 e. The van der Waals surface area contributed by atoms with E-state index >= 15 is 0 Å². The lowest BCUT2D eigenvalue weighted by molar-refractivity contribution is -0.0414. The summed E-state index contributed by atoms with van der Waals surface area (Å²) < 4.78 is 2.73. The maximum absolute atomic E-state index is 5.28. The summed E-state index contributed by atoms with van der Waals surface area (Å²) in [5.74, 6) is 3.88. The lowest BCUT2D eigenvalue weighted by Crippen LogP contribution is -2.52. The lowest BCUT2D eigenvalue weighted by Gasteiger charge is -2.58. The molecular weight excluding hydrogens is 388 g/mol. The molecule has 4 fully saturated rings. The zero-order valence-corrected chi connectivity index (χ0v) is 18.8. The molecule has 0 N–H and O–H groups in total. The first-order valence-corrected chi connectivity index (χ1v) is 12.3. The van der Waals surface area contributed by atoms with E-state index < -0.39 is 0 Å². The number of nitrogens with zero attached hydrogens (tertiary/aromatic N) is 2. The second-order valence-electron chi connectivity index (χ2n) is 10.8. The van der Waals surface area contributed by atoms with Crippen LogP contribution in [0.3, 0.4) is 0 Å². The Kier molecular flexibility index (Phi) is 3.98. The van der Waals surface area contributed by atoms with Gasteiger partial charge in [-0.2, -0.15) is 0 Å². The van der Waals surface area contributed by atoms with Gasteiger partial charge in [-0.05, 0) is 80.0 Å². The first kappa shape index (κ1) is 18.7. The summed E-state index contributed by atoms with van der Waals surface area (Å²) in [6.07, 6.45) is 8.36. The topological polar surface area (TPSA) is 17.8 Å². The van der Waals surface area contributed by atoms with Crippen molar-refractivity contribution in [3.05, 3.63) is 78.5 Å². The van der Waals surface area contributed by atoms with Gasteiger partial charge in [0.15, 0.2) is 0 Å². The summed E-state index contributed by atoms with van der Waals surface area (Å²) in [6, 6.07) is 26.6. The molecule has 1 aromatic heterocycles. The normalized spacial score (nSPS) is 28.5. The van der Waals surface area contributed by atoms with Crippen molar-refractivity contribution in [2.45, 2.75) is 51.0 Å². The van der Waals surface area contributed by atoms with Crippen LogP contribution in [-0.4, -0.2) is 9.55 Å². The molecule has 2 heteroatoms. The molecule has 160 valence electrons. The summed E-state index contributed by atoms with van der Waals surface area (Å²) in [6.45, 7) is 2.21. The quantitative estimate of drug-likeness (QED) is 0.335. The summed E-state index contributed by atoms with van der Waals surface area (Å²) in [7, 11) is 0. The highest BCUT2D eigenvalue weighted by Crippen LogP contribution is 2.60. The predicted molar refractivity (Wildman–Crippen MR) is 131 cm³/mol. The highest BCUT2D eigenvalue weighted by atomic mass is 15.2. The highest BCUT2D eigenvalue weighted by molar-refractivity contribution is 5.87. The number of hydrogen-bond donors (Lipinski definition) is 0. The summed E-state index contributed by atoms with van der Waals surface area (Å²) >= 11 is 0. The number of aromatic nitrogens is 2. The Labute approximate surface area is 190 Å². The SMILES string of the molecule is Cc1nc(-c2ccc3ccccc3c2)n(C23CC4CC(CC(C4)C2)C3)c1-c1ccccc1. The van der Waals surface area contributed by atoms with Crippen molar-refractivity contribution in [2.24, 2.45) is 17.8 Å². The fourth-order valence-corrected chi connectivity index (χ4v) is 7.79. The van der Waals surface area contributed by atoms with Gasteiger partial charge in [0, 0.05) is 16.7 Å². The second kappa shape index (κ2) is 6.81. The van der Waals surface area contributed by atoms with Crippen LogP contribution in [0.25, 0.3) is 33.4 Å². The van der Waals surface area contributed by atoms with E-state index in [1.165, 1.54) is 71.9 Å². The number of benzene rings is 3. The molecule has 4 aliphatic carbocycles. The summed E-state index contributed by atoms with van der Waals surface area (Å²) in [5.41, 5.74) is 5.29. The number of hydrogen-bond acceptors (Lipinski definition) is 1. The third-order valence-electron chi connectivity index (χ3n) is 8.59. The second-order valence-corrected chi connectivity index (χ2v) is 10.8. The molecule has 0 spiro atoms. The Morgan fingerprint density at radius 1 is 0.719 bits per heavy atom. The zero-order valence-electron chi connectivity index (χ0n) is 18.8. The van der Waals surface area contributed by atoms with Gasteiger partial charge in [-0.1, -0.05) is 66.7 Å². The van der Waals surface area contributed by atoms with Crippen LogP contribution >= 0.6 is 0 Å². The number of imidazole rings is 1. The molecule has 0 atom stereocenters. The van der Waals surface area contributed by atoms with Crippen LogP contribution in [0.4, 0.5) is 0 Å². The average Bonchev–Trinajstić information content (AvgIpc) is 3.16. The van der Waals surface area contributed by atoms with E-state index in [0.29, 0.717) is 0 Å². The largest absolute Gasteiger partial charge is 0.318 e. The third-order valence-corrected chi connectivity index (χ3v) is 8.59. The average molecular weight is 419 g/mol. The number of aryl methyl sites for hydroxylation is 1. The van der Waals surface area contributed by atoms with Crippen molar-refractivity contribution < 1.29 is 0 Å². The molecule has 1 heterocycles. The van der Waals surface area contributed by atoms with Gasteiger partial charge >= 0.3 is 0 Å². The number of rotatable bonds is 3. The van der Waals surface area contributed by atoms with Gasteiger partial charge in [0.2, 0.25) is 0 Å². The molecular formula is C30H30N2. The fourth-order valence-electron chi connectivity index (χ4n) is 7.79. The van der Waals surface area contributed by atoms with Crippen molar-refractivity contribution in [3.63, 3.8) is 0 Å². The predicted octanol–water partition coefficient (Wildman–Crippen LogP) is 7.60. The van der Waals surface area contributed by atoms with Crippen molar-refractivity contribution >= 4 is 10.8 Å². The van der Waals surface area contributed by atoms with Crippen LogP contribution in [0.2, 0.25) is 0 Å². The monoisotopic (exact) mass is 418 g/mol. The van der Waals surface area contributed by atoms with Gasteiger partial charge in [0.1, 0.15) is 5.82 Å². The van der Waals surface area contributed by atoms with Crippen LogP contribution in [0.5, 0.6) is 0 Å². The van der Waals surface area contributed by atoms with Crippen LogP contribution in [0, 0.1) is 24.7 Å². The molecule has 4 bridgehead atoms. The Balaban J connectivity index is 1.49. The van der Waals surface area contributed by atoms with Crippen LogP contribution in [0.1, 0.15) is 44.2 Å². The van der Waals surface area contributed by atoms with Crippen LogP contribution in [0.15, 0.2) is 72.8 Å². The Hall–Kier alpha value is -2.87. The molecule has 32 heavy (non-hydrogen) atoms. The Bertz CT molecular complexity index is 1280. The minimum Gasteiger partial charge on any atom is -0.318 e. The number of fused-ring (bicyclic) bond motifs is 1. The van der Waals surface area contributed by atoms with Gasteiger partial charge in [0.05, 0.1) is 11.4 Å². The Morgan fingerprint density at radius 2 is 1.34 bits per heavy atom. The molecule has 0 unspecified atom stereocenters. The van der Waals surface area contributed by atoms with E-state index in [0.717, 1.165) is 23.4 Å². The molecule has 0 amide bonds. The minimum absolute atomic E-state index is 0.224. The molecule has 4 aliphatic rings. The molecule has 0 aliphatic heterocycles. The van der Waals surface area contributed by atoms with Gasteiger partial charge in [-0.3, -0.25) is 0 Å². The van der Waals surface area contributed by atoms with Crippen molar-refractivity contribution in [1.82, 2.24) is 9.55 Å². The van der Waals surface area contributed by atoms with E-state index in [1.807, 2.05) is 0 Å². The molecule has 4 saturated carbocycles. The van der Waals surface area contributed by atoms with E-state index in [1.54, 1.807) is 0 Å². The fraction of sp³-hybridized carbons (Fsp3) is 0.367. The van der Waals surface area contributed by atoms with Gasteiger partial charge in [-0.15, -0.1) is 0 Å².